The normalized spacial score (nSPS) is 29.0. The Bertz CT molecular complexity index is 962. The lowest BCUT2D eigenvalue weighted by Gasteiger charge is -2.41. The van der Waals surface area contributed by atoms with E-state index in [1.54, 1.807) is 32.4 Å². The van der Waals surface area contributed by atoms with Gasteiger partial charge in [0.05, 0.1) is 11.3 Å². The van der Waals surface area contributed by atoms with Crippen molar-refractivity contribution in [1.82, 2.24) is 19.1 Å². The maximum absolute atomic E-state index is 13.3. The summed E-state index contributed by atoms with van der Waals surface area (Å²) in [5.74, 6) is -0.0598. The Morgan fingerprint density at radius 1 is 1.37 bits per heavy atom. The SMILES string of the molecule is Cc1nn(C)c(Cl)c1S(=O)(=O)N1C[C@@H]2CCC[C@](O)(c3cccnc3)[C@H]2C1. The fraction of sp³-hybridized carbons (Fsp3) is 0.556. The number of sulfonamides is 1. The molecule has 1 N–H and O–H groups in total. The van der Waals surface area contributed by atoms with E-state index < -0.39 is 15.6 Å². The molecule has 0 bridgehead atoms. The second-order valence-electron chi connectivity index (χ2n) is 7.58. The summed E-state index contributed by atoms with van der Waals surface area (Å²) in [5.41, 5.74) is 0.0873. The van der Waals surface area contributed by atoms with E-state index >= 15 is 0 Å². The molecule has 0 aromatic carbocycles. The molecule has 1 aliphatic heterocycles. The zero-order valence-electron chi connectivity index (χ0n) is 15.3. The summed E-state index contributed by atoms with van der Waals surface area (Å²) in [4.78, 5) is 4.21. The summed E-state index contributed by atoms with van der Waals surface area (Å²) in [7, 11) is -2.15. The molecule has 146 valence electrons. The molecule has 1 aliphatic carbocycles. The van der Waals surface area contributed by atoms with Crippen molar-refractivity contribution in [3.8, 4) is 0 Å². The molecule has 2 aliphatic rings. The fourth-order valence-corrected chi connectivity index (χ4v) is 6.92. The van der Waals surface area contributed by atoms with Crippen LogP contribution in [0.4, 0.5) is 0 Å². The minimum atomic E-state index is -3.78. The third-order valence-electron chi connectivity index (χ3n) is 6.01. The Hall–Kier alpha value is -1.48. The average Bonchev–Trinajstić information content (AvgIpc) is 3.19. The van der Waals surface area contributed by atoms with Gasteiger partial charge in [-0.15, -0.1) is 0 Å². The molecule has 1 saturated heterocycles. The molecule has 0 amide bonds. The standard InChI is InChI=1S/C18H23ClN4O3S/c1-12-16(17(19)22(2)21-12)27(25,26)23-10-13-5-3-7-18(24,15(13)11-23)14-6-4-8-20-9-14/h4,6,8-9,13,15,24H,3,5,7,10-11H2,1-2H3/t13-,15-,18-/m0/s1. The number of rotatable bonds is 3. The van der Waals surface area contributed by atoms with Gasteiger partial charge in [-0.3, -0.25) is 9.67 Å². The van der Waals surface area contributed by atoms with Gasteiger partial charge in [-0.25, -0.2) is 8.42 Å². The molecule has 3 heterocycles. The van der Waals surface area contributed by atoms with Crippen LogP contribution < -0.4 is 0 Å². The van der Waals surface area contributed by atoms with Crippen LogP contribution in [0.2, 0.25) is 5.15 Å². The van der Waals surface area contributed by atoms with Gasteiger partial charge >= 0.3 is 0 Å². The minimum Gasteiger partial charge on any atom is -0.385 e. The number of aryl methyl sites for hydroxylation is 2. The Morgan fingerprint density at radius 3 is 2.78 bits per heavy atom. The maximum atomic E-state index is 13.3. The molecule has 4 rings (SSSR count). The number of halogens is 1. The van der Waals surface area contributed by atoms with Crippen molar-refractivity contribution in [3.63, 3.8) is 0 Å². The maximum Gasteiger partial charge on any atom is 0.248 e. The number of hydrogen-bond donors (Lipinski definition) is 1. The van der Waals surface area contributed by atoms with Crippen LogP contribution in [0.3, 0.4) is 0 Å². The number of hydrogen-bond acceptors (Lipinski definition) is 5. The van der Waals surface area contributed by atoms with Gasteiger partial charge in [0.1, 0.15) is 10.0 Å². The van der Waals surface area contributed by atoms with E-state index in [0.29, 0.717) is 18.7 Å². The van der Waals surface area contributed by atoms with E-state index in [1.165, 1.54) is 8.99 Å². The zero-order chi connectivity index (χ0) is 19.4. The summed E-state index contributed by atoms with van der Waals surface area (Å²) in [6.07, 6.45) is 5.72. The van der Waals surface area contributed by atoms with Crippen LogP contribution in [0.1, 0.15) is 30.5 Å². The van der Waals surface area contributed by atoms with E-state index in [4.69, 9.17) is 11.6 Å². The van der Waals surface area contributed by atoms with Crippen molar-refractivity contribution in [3.05, 3.63) is 40.9 Å². The lowest BCUT2D eigenvalue weighted by Crippen LogP contribution is -2.43. The molecular formula is C18H23ClN4O3S. The second-order valence-corrected chi connectivity index (χ2v) is 9.81. The highest BCUT2D eigenvalue weighted by molar-refractivity contribution is 7.89. The number of nitrogens with zero attached hydrogens (tertiary/aromatic N) is 4. The molecule has 3 atom stereocenters. The molecule has 27 heavy (non-hydrogen) atoms. The summed E-state index contributed by atoms with van der Waals surface area (Å²) in [6.45, 7) is 2.30. The number of fused-ring (bicyclic) bond motifs is 1. The smallest absolute Gasteiger partial charge is 0.248 e. The van der Waals surface area contributed by atoms with Crippen molar-refractivity contribution in [2.24, 2.45) is 18.9 Å². The van der Waals surface area contributed by atoms with E-state index in [0.717, 1.165) is 18.4 Å². The average molecular weight is 411 g/mol. The summed E-state index contributed by atoms with van der Waals surface area (Å²) in [6, 6.07) is 3.67. The lowest BCUT2D eigenvalue weighted by molar-refractivity contribution is -0.0643. The predicted molar refractivity (Wildman–Crippen MR) is 101 cm³/mol. The van der Waals surface area contributed by atoms with Crippen LogP contribution in [0.25, 0.3) is 0 Å². The molecular weight excluding hydrogens is 388 g/mol. The van der Waals surface area contributed by atoms with Crippen LogP contribution in [0.15, 0.2) is 29.4 Å². The summed E-state index contributed by atoms with van der Waals surface area (Å²) >= 11 is 6.22. The highest BCUT2D eigenvalue weighted by atomic mass is 35.5. The first-order valence-electron chi connectivity index (χ1n) is 9.07. The highest BCUT2D eigenvalue weighted by Crippen LogP contribution is 2.49. The fourth-order valence-electron chi connectivity index (χ4n) is 4.69. The van der Waals surface area contributed by atoms with Crippen LogP contribution in [-0.2, 0) is 22.7 Å². The molecule has 0 unspecified atom stereocenters. The molecule has 0 spiro atoms. The Labute approximate surface area is 164 Å². The Kier molecular flexibility index (Phi) is 4.57. The van der Waals surface area contributed by atoms with Crippen LogP contribution in [-0.4, -0.2) is 45.7 Å². The van der Waals surface area contributed by atoms with Gasteiger partial charge in [-0.2, -0.15) is 9.40 Å². The molecule has 9 heteroatoms. The molecule has 2 aromatic rings. The van der Waals surface area contributed by atoms with Gasteiger partial charge in [0.25, 0.3) is 0 Å². The largest absolute Gasteiger partial charge is 0.385 e. The second kappa shape index (κ2) is 6.55. The highest BCUT2D eigenvalue weighted by Gasteiger charge is 2.52. The number of pyridine rings is 1. The first kappa shape index (κ1) is 18.9. The van der Waals surface area contributed by atoms with Crippen molar-refractivity contribution in [1.29, 1.82) is 0 Å². The molecule has 2 aromatic heterocycles. The van der Waals surface area contributed by atoms with Crippen molar-refractivity contribution in [2.45, 2.75) is 36.7 Å². The van der Waals surface area contributed by atoms with Gasteiger partial charge in [0.2, 0.25) is 10.0 Å². The quantitative estimate of drug-likeness (QED) is 0.836. The van der Waals surface area contributed by atoms with Crippen molar-refractivity contribution >= 4 is 21.6 Å². The predicted octanol–water partition coefficient (Wildman–Crippen LogP) is 2.09. The van der Waals surface area contributed by atoms with Crippen LogP contribution in [0, 0.1) is 18.8 Å². The molecule has 0 radical (unpaired) electrons. The van der Waals surface area contributed by atoms with Gasteiger partial charge in [0, 0.05) is 44.0 Å². The lowest BCUT2D eigenvalue weighted by atomic mass is 9.68. The topological polar surface area (TPSA) is 88.3 Å². The van der Waals surface area contributed by atoms with E-state index in [-0.39, 0.29) is 28.4 Å². The summed E-state index contributed by atoms with van der Waals surface area (Å²) in [5, 5.41) is 15.7. The van der Waals surface area contributed by atoms with Crippen LogP contribution in [0.5, 0.6) is 0 Å². The first-order valence-corrected chi connectivity index (χ1v) is 10.9. The van der Waals surface area contributed by atoms with Gasteiger partial charge in [-0.05, 0) is 38.2 Å². The minimum absolute atomic E-state index is 0.0650. The van der Waals surface area contributed by atoms with Crippen LogP contribution >= 0.6 is 11.6 Å². The van der Waals surface area contributed by atoms with Crippen molar-refractivity contribution in [2.75, 3.05) is 13.1 Å². The third-order valence-corrected chi connectivity index (χ3v) is 8.54. The van der Waals surface area contributed by atoms with Gasteiger partial charge < -0.3 is 5.11 Å². The monoisotopic (exact) mass is 410 g/mol. The molecule has 7 nitrogen and oxygen atoms in total. The number of aliphatic hydroxyl groups is 1. The Morgan fingerprint density at radius 2 is 2.15 bits per heavy atom. The van der Waals surface area contributed by atoms with E-state index in [1.807, 2.05) is 6.07 Å². The number of aromatic nitrogens is 3. The van der Waals surface area contributed by atoms with E-state index in [9.17, 15) is 13.5 Å². The third kappa shape index (κ3) is 2.90. The molecule has 2 fully saturated rings. The van der Waals surface area contributed by atoms with Crippen molar-refractivity contribution < 1.29 is 13.5 Å². The van der Waals surface area contributed by atoms with Gasteiger partial charge in [-0.1, -0.05) is 17.7 Å². The zero-order valence-corrected chi connectivity index (χ0v) is 16.9. The summed E-state index contributed by atoms with van der Waals surface area (Å²) < 4.78 is 29.4. The van der Waals surface area contributed by atoms with Gasteiger partial charge in [0.15, 0.2) is 0 Å². The first-order chi connectivity index (χ1) is 12.7. The Balaban J connectivity index is 1.69. The molecule has 1 saturated carbocycles. The van der Waals surface area contributed by atoms with E-state index in [2.05, 4.69) is 10.1 Å².